The number of rotatable bonds is 1. The average molecular weight is 199 g/mol. The van der Waals surface area contributed by atoms with Gasteiger partial charge in [-0.15, -0.1) is 11.6 Å². The van der Waals surface area contributed by atoms with Crippen LogP contribution in [0.5, 0.6) is 0 Å². The SMILES string of the molecule is ClCCC#Cc1cccc(Cl)c1. The Morgan fingerprint density at radius 3 is 2.83 bits per heavy atom. The van der Waals surface area contributed by atoms with Crippen molar-refractivity contribution in [2.75, 3.05) is 5.88 Å². The van der Waals surface area contributed by atoms with Crippen LogP contribution in [0.4, 0.5) is 0 Å². The molecule has 0 saturated carbocycles. The van der Waals surface area contributed by atoms with Crippen LogP contribution in [0.2, 0.25) is 5.02 Å². The fourth-order valence-electron chi connectivity index (χ4n) is 0.778. The zero-order valence-corrected chi connectivity index (χ0v) is 7.99. The van der Waals surface area contributed by atoms with Gasteiger partial charge < -0.3 is 0 Å². The molecule has 0 atom stereocenters. The van der Waals surface area contributed by atoms with Crippen LogP contribution in [0, 0.1) is 11.8 Å². The van der Waals surface area contributed by atoms with Crippen LogP contribution < -0.4 is 0 Å². The molecule has 0 aromatic heterocycles. The molecule has 0 heterocycles. The second kappa shape index (κ2) is 5.09. The maximum absolute atomic E-state index is 5.76. The molecular weight excluding hydrogens is 191 g/mol. The minimum Gasteiger partial charge on any atom is -0.126 e. The summed E-state index contributed by atoms with van der Waals surface area (Å²) >= 11 is 11.2. The first kappa shape index (κ1) is 9.45. The van der Waals surface area contributed by atoms with Crippen molar-refractivity contribution >= 4 is 23.2 Å². The van der Waals surface area contributed by atoms with Crippen molar-refractivity contribution in [3.05, 3.63) is 34.9 Å². The molecule has 0 radical (unpaired) electrons. The van der Waals surface area contributed by atoms with E-state index in [1.54, 1.807) is 0 Å². The van der Waals surface area contributed by atoms with Crippen molar-refractivity contribution in [1.82, 2.24) is 0 Å². The van der Waals surface area contributed by atoms with Crippen LogP contribution in [0.25, 0.3) is 0 Å². The van der Waals surface area contributed by atoms with Gasteiger partial charge in [0.25, 0.3) is 0 Å². The second-order valence-electron chi connectivity index (χ2n) is 2.25. The van der Waals surface area contributed by atoms with E-state index in [2.05, 4.69) is 11.8 Å². The largest absolute Gasteiger partial charge is 0.126 e. The standard InChI is InChI=1S/C10H8Cl2/c11-7-2-1-4-9-5-3-6-10(12)8-9/h3,5-6,8H,2,7H2. The number of alkyl halides is 1. The van der Waals surface area contributed by atoms with E-state index >= 15 is 0 Å². The van der Waals surface area contributed by atoms with Crippen molar-refractivity contribution in [2.45, 2.75) is 6.42 Å². The molecule has 0 spiro atoms. The zero-order chi connectivity index (χ0) is 8.81. The van der Waals surface area contributed by atoms with E-state index in [1.165, 1.54) is 0 Å². The first-order valence-corrected chi connectivity index (χ1v) is 4.54. The molecule has 0 aliphatic carbocycles. The van der Waals surface area contributed by atoms with E-state index in [-0.39, 0.29) is 0 Å². The Bertz CT molecular complexity index is 307. The third-order valence-corrected chi connectivity index (χ3v) is 1.70. The quantitative estimate of drug-likeness (QED) is 0.480. The van der Waals surface area contributed by atoms with Crippen LogP contribution in [-0.4, -0.2) is 5.88 Å². The molecule has 0 amide bonds. The van der Waals surface area contributed by atoms with Crippen LogP contribution in [-0.2, 0) is 0 Å². The molecule has 1 aromatic carbocycles. The fourth-order valence-corrected chi connectivity index (χ4v) is 1.06. The molecule has 0 aliphatic rings. The van der Waals surface area contributed by atoms with Crippen LogP contribution in [0.1, 0.15) is 12.0 Å². The predicted octanol–water partition coefficient (Wildman–Crippen LogP) is 3.32. The van der Waals surface area contributed by atoms with Gasteiger partial charge in [0, 0.05) is 22.9 Å². The maximum Gasteiger partial charge on any atom is 0.0418 e. The predicted molar refractivity (Wildman–Crippen MR) is 53.7 cm³/mol. The minimum atomic E-state index is 0.577. The van der Waals surface area contributed by atoms with Gasteiger partial charge >= 0.3 is 0 Å². The Morgan fingerprint density at radius 1 is 1.33 bits per heavy atom. The van der Waals surface area contributed by atoms with Gasteiger partial charge in [0.05, 0.1) is 0 Å². The van der Waals surface area contributed by atoms with E-state index in [0.29, 0.717) is 17.3 Å². The van der Waals surface area contributed by atoms with E-state index in [1.807, 2.05) is 24.3 Å². The molecule has 0 N–H and O–H groups in total. The normalized spacial score (nSPS) is 8.83. The minimum absolute atomic E-state index is 0.577. The topological polar surface area (TPSA) is 0 Å². The smallest absolute Gasteiger partial charge is 0.0418 e. The first-order chi connectivity index (χ1) is 5.83. The molecular formula is C10H8Cl2. The molecule has 2 heteroatoms. The van der Waals surface area contributed by atoms with Gasteiger partial charge in [-0.3, -0.25) is 0 Å². The van der Waals surface area contributed by atoms with Gasteiger partial charge in [-0.25, -0.2) is 0 Å². The summed E-state index contributed by atoms with van der Waals surface area (Å²) in [6, 6.07) is 7.47. The summed E-state index contributed by atoms with van der Waals surface area (Å²) in [7, 11) is 0. The molecule has 0 nitrogen and oxygen atoms in total. The van der Waals surface area contributed by atoms with E-state index in [0.717, 1.165) is 5.56 Å². The van der Waals surface area contributed by atoms with Crippen LogP contribution in [0.3, 0.4) is 0 Å². The zero-order valence-electron chi connectivity index (χ0n) is 6.48. The van der Waals surface area contributed by atoms with Crippen LogP contribution >= 0.6 is 23.2 Å². The Hall–Kier alpha value is -0.640. The highest BCUT2D eigenvalue weighted by Crippen LogP contribution is 2.09. The Labute approximate surface area is 82.5 Å². The Morgan fingerprint density at radius 2 is 2.17 bits per heavy atom. The first-order valence-electron chi connectivity index (χ1n) is 3.63. The highest BCUT2D eigenvalue weighted by molar-refractivity contribution is 6.30. The number of benzene rings is 1. The summed E-state index contributed by atoms with van der Waals surface area (Å²) in [4.78, 5) is 0. The van der Waals surface area contributed by atoms with E-state index in [4.69, 9.17) is 23.2 Å². The highest BCUT2D eigenvalue weighted by atomic mass is 35.5. The molecule has 0 fully saturated rings. The number of hydrogen-bond donors (Lipinski definition) is 0. The summed E-state index contributed by atoms with van der Waals surface area (Å²) < 4.78 is 0. The molecule has 12 heavy (non-hydrogen) atoms. The molecule has 1 rings (SSSR count). The van der Waals surface area contributed by atoms with Crippen molar-refractivity contribution in [2.24, 2.45) is 0 Å². The summed E-state index contributed by atoms with van der Waals surface area (Å²) in [6.07, 6.45) is 0.716. The van der Waals surface area contributed by atoms with Crippen molar-refractivity contribution in [1.29, 1.82) is 0 Å². The summed E-state index contributed by atoms with van der Waals surface area (Å²) in [5, 5.41) is 0.715. The lowest BCUT2D eigenvalue weighted by molar-refractivity contribution is 1.29. The summed E-state index contributed by atoms with van der Waals surface area (Å²) in [6.45, 7) is 0. The monoisotopic (exact) mass is 198 g/mol. The average Bonchev–Trinajstić information content (AvgIpc) is 2.05. The van der Waals surface area contributed by atoms with E-state index < -0.39 is 0 Å². The van der Waals surface area contributed by atoms with E-state index in [9.17, 15) is 0 Å². The van der Waals surface area contributed by atoms with Gasteiger partial charge in [0.15, 0.2) is 0 Å². The molecule has 0 bridgehead atoms. The fraction of sp³-hybridized carbons (Fsp3) is 0.200. The van der Waals surface area contributed by atoms with Gasteiger partial charge in [0.2, 0.25) is 0 Å². The van der Waals surface area contributed by atoms with Crippen molar-refractivity contribution < 1.29 is 0 Å². The Balaban J connectivity index is 2.71. The second-order valence-corrected chi connectivity index (χ2v) is 3.07. The molecule has 1 aromatic rings. The molecule has 0 aliphatic heterocycles. The molecule has 62 valence electrons. The van der Waals surface area contributed by atoms with Crippen molar-refractivity contribution in [3.8, 4) is 11.8 Å². The summed E-state index contributed by atoms with van der Waals surface area (Å²) in [5.41, 5.74) is 0.938. The number of hydrogen-bond acceptors (Lipinski definition) is 0. The summed E-state index contributed by atoms with van der Waals surface area (Å²) in [5.74, 6) is 6.48. The van der Waals surface area contributed by atoms with Crippen molar-refractivity contribution in [3.63, 3.8) is 0 Å². The third kappa shape index (κ3) is 3.17. The third-order valence-electron chi connectivity index (χ3n) is 1.28. The Kier molecular flexibility index (Phi) is 4.00. The lowest BCUT2D eigenvalue weighted by atomic mass is 10.2. The van der Waals surface area contributed by atoms with Gasteiger partial charge in [0.1, 0.15) is 0 Å². The van der Waals surface area contributed by atoms with Gasteiger partial charge in [-0.2, -0.15) is 0 Å². The number of halogens is 2. The van der Waals surface area contributed by atoms with Crippen LogP contribution in [0.15, 0.2) is 24.3 Å². The molecule has 0 unspecified atom stereocenters. The van der Waals surface area contributed by atoms with Gasteiger partial charge in [-0.1, -0.05) is 29.5 Å². The van der Waals surface area contributed by atoms with Gasteiger partial charge in [-0.05, 0) is 18.2 Å². The lowest BCUT2D eigenvalue weighted by Gasteiger charge is -1.89. The lowest BCUT2D eigenvalue weighted by Crippen LogP contribution is -1.73. The highest BCUT2D eigenvalue weighted by Gasteiger charge is 1.87. The maximum atomic E-state index is 5.76. The molecule has 0 saturated heterocycles.